The normalized spacial score (nSPS) is 16.1. The summed E-state index contributed by atoms with van der Waals surface area (Å²) in [5.74, 6) is 0.819. The molecule has 5 heteroatoms. The third kappa shape index (κ3) is 5.27. The van der Waals surface area contributed by atoms with Gasteiger partial charge in [0.05, 0.1) is 6.54 Å². The van der Waals surface area contributed by atoms with Gasteiger partial charge in [-0.3, -0.25) is 14.7 Å². The lowest BCUT2D eigenvalue weighted by Crippen LogP contribution is -2.36. The van der Waals surface area contributed by atoms with Gasteiger partial charge < -0.3 is 5.32 Å². The number of nitrogens with zero attached hydrogens (tertiary/aromatic N) is 2. The lowest BCUT2D eigenvalue weighted by Gasteiger charge is -2.27. The Labute approximate surface area is 121 Å². The predicted molar refractivity (Wildman–Crippen MR) is 78.9 cm³/mol. The highest BCUT2D eigenvalue weighted by atomic mass is 35.5. The number of halogens is 1. The van der Waals surface area contributed by atoms with Crippen molar-refractivity contribution in [2.75, 3.05) is 33.2 Å². The highest BCUT2D eigenvalue weighted by Crippen LogP contribution is 2.12. The smallest absolute Gasteiger partial charge is 0.195 e. The van der Waals surface area contributed by atoms with Gasteiger partial charge in [0.15, 0.2) is 5.78 Å². The van der Waals surface area contributed by atoms with Gasteiger partial charge in [0, 0.05) is 12.7 Å². The van der Waals surface area contributed by atoms with E-state index in [9.17, 15) is 4.79 Å². The van der Waals surface area contributed by atoms with Crippen molar-refractivity contribution in [1.29, 1.82) is 0 Å². The van der Waals surface area contributed by atoms with Crippen LogP contribution in [-0.4, -0.2) is 48.9 Å². The van der Waals surface area contributed by atoms with Gasteiger partial charge in [0.1, 0.15) is 5.69 Å². The third-order valence-electron chi connectivity index (χ3n) is 3.39. The Morgan fingerprint density at radius 2 is 2.16 bits per heavy atom. The van der Waals surface area contributed by atoms with E-state index in [0.717, 1.165) is 19.6 Å². The second-order valence-electron chi connectivity index (χ2n) is 5.03. The van der Waals surface area contributed by atoms with E-state index >= 15 is 0 Å². The van der Waals surface area contributed by atoms with Gasteiger partial charge in [-0.2, -0.15) is 0 Å². The maximum atomic E-state index is 12.0. The molecule has 1 aromatic heterocycles. The summed E-state index contributed by atoms with van der Waals surface area (Å²) in [4.78, 5) is 18.2. The number of likely N-dealkylation sites (N-methyl/N-ethyl adjacent to an activating group) is 1. The fraction of sp³-hybridized carbons (Fsp3) is 0.571. The summed E-state index contributed by atoms with van der Waals surface area (Å²) in [7, 11) is 2.02. The number of carbonyl (C=O) groups excluding carboxylic acids is 1. The number of nitrogens with one attached hydrogen (secondary N) is 1. The van der Waals surface area contributed by atoms with Gasteiger partial charge in [0.2, 0.25) is 0 Å². The molecule has 1 fully saturated rings. The quantitative estimate of drug-likeness (QED) is 0.834. The van der Waals surface area contributed by atoms with Crippen LogP contribution in [-0.2, 0) is 0 Å². The lowest BCUT2D eigenvalue weighted by molar-refractivity contribution is 0.0928. The molecule has 0 radical (unpaired) electrons. The number of hydrogen-bond acceptors (Lipinski definition) is 4. The van der Waals surface area contributed by atoms with Crippen molar-refractivity contribution in [2.24, 2.45) is 5.92 Å². The average molecular weight is 284 g/mol. The zero-order chi connectivity index (χ0) is 12.8. The van der Waals surface area contributed by atoms with Gasteiger partial charge in [-0.1, -0.05) is 6.07 Å². The number of rotatable bonds is 5. The van der Waals surface area contributed by atoms with Gasteiger partial charge in [-0.25, -0.2) is 0 Å². The maximum absolute atomic E-state index is 12.0. The van der Waals surface area contributed by atoms with Crippen LogP contribution >= 0.6 is 12.4 Å². The summed E-state index contributed by atoms with van der Waals surface area (Å²) in [5, 5.41) is 3.36. The SMILES string of the molecule is CN(CC(=O)c1ccccn1)CC1CCNCC1.Cl. The molecule has 0 spiro atoms. The third-order valence-corrected chi connectivity index (χ3v) is 3.39. The summed E-state index contributed by atoms with van der Waals surface area (Å²) in [6.07, 6.45) is 4.09. The van der Waals surface area contributed by atoms with Crippen molar-refractivity contribution in [3.63, 3.8) is 0 Å². The minimum absolute atomic E-state index is 0. The Bertz CT molecular complexity index is 380. The van der Waals surface area contributed by atoms with Crippen molar-refractivity contribution < 1.29 is 4.79 Å². The Kier molecular flexibility index (Phi) is 6.99. The molecular weight excluding hydrogens is 262 g/mol. The Hall–Kier alpha value is -0.970. The van der Waals surface area contributed by atoms with Crippen molar-refractivity contribution >= 4 is 18.2 Å². The largest absolute Gasteiger partial charge is 0.317 e. The second-order valence-corrected chi connectivity index (χ2v) is 5.03. The molecule has 0 saturated carbocycles. The topological polar surface area (TPSA) is 45.2 Å². The van der Waals surface area contributed by atoms with E-state index in [1.807, 2.05) is 19.2 Å². The van der Waals surface area contributed by atoms with Crippen molar-refractivity contribution in [1.82, 2.24) is 15.2 Å². The molecule has 0 unspecified atom stereocenters. The van der Waals surface area contributed by atoms with Gasteiger partial charge in [0.25, 0.3) is 0 Å². The van der Waals surface area contributed by atoms with Crippen LogP contribution in [0.4, 0.5) is 0 Å². The van der Waals surface area contributed by atoms with E-state index in [1.54, 1.807) is 12.3 Å². The first kappa shape index (κ1) is 16.1. The molecule has 2 rings (SSSR count). The fourth-order valence-corrected chi connectivity index (χ4v) is 2.42. The van der Waals surface area contributed by atoms with Gasteiger partial charge in [-0.05, 0) is 51.0 Å². The van der Waals surface area contributed by atoms with Crippen LogP contribution in [0.25, 0.3) is 0 Å². The number of aromatic nitrogens is 1. The predicted octanol–water partition coefficient (Wildman–Crippen LogP) is 1.62. The zero-order valence-corrected chi connectivity index (χ0v) is 12.2. The molecule has 1 aliphatic heterocycles. The standard InChI is InChI=1S/C14H21N3O.ClH/c1-17(10-12-5-8-15-9-6-12)11-14(18)13-4-2-3-7-16-13;/h2-4,7,12,15H,5-6,8-11H2,1H3;1H. The summed E-state index contributed by atoms with van der Waals surface area (Å²) in [6.45, 7) is 3.67. The molecule has 4 nitrogen and oxygen atoms in total. The van der Waals surface area contributed by atoms with Gasteiger partial charge in [-0.15, -0.1) is 12.4 Å². The summed E-state index contributed by atoms with van der Waals surface area (Å²) >= 11 is 0. The number of piperidine rings is 1. The van der Waals surface area contributed by atoms with E-state index in [-0.39, 0.29) is 18.2 Å². The molecule has 0 atom stereocenters. The molecule has 0 bridgehead atoms. The van der Waals surface area contributed by atoms with E-state index in [4.69, 9.17) is 0 Å². The van der Waals surface area contributed by atoms with Crippen LogP contribution in [0.2, 0.25) is 0 Å². The highest BCUT2D eigenvalue weighted by Gasteiger charge is 2.17. The second kappa shape index (κ2) is 8.25. The van der Waals surface area contributed by atoms with Crippen molar-refractivity contribution in [3.05, 3.63) is 30.1 Å². The Balaban J connectivity index is 0.00000180. The highest BCUT2D eigenvalue weighted by molar-refractivity contribution is 5.95. The number of pyridine rings is 1. The zero-order valence-electron chi connectivity index (χ0n) is 11.3. The molecule has 2 heterocycles. The maximum Gasteiger partial charge on any atom is 0.195 e. The molecule has 1 aliphatic rings. The van der Waals surface area contributed by atoms with Gasteiger partial charge >= 0.3 is 0 Å². The summed E-state index contributed by atoms with van der Waals surface area (Å²) < 4.78 is 0. The summed E-state index contributed by atoms with van der Waals surface area (Å²) in [5.41, 5.74) is 0.565. The Morgan fingerprint density at radius 3 is 2.79 bits per heavy atom. The number of hydrogen-bond donors (Lipinski definition) is 1. The minimum Gasteiger partial charge on any atom is -0.317 e. The summed E-state index contributed by atoms with van der Waals surface area (Å²) in [6, 6.07) is 5.46. The van der Waals surface area contributed by atoms with Crippen LogP contribution in [0.5, 0.6) is 0 Å². The van der Waals surface area contributed by atoms with Crippen molar-refractivity contribution in [2.45, 2.75) is 12.8 Å². The molecular formula is C14H22ClN3O. The minimum atomic E-state index is 0. The van der Waals surface area contributed by atoms with Crippen LogP contribution in [0.15, 0.2) is 24.4 Å². The molecule has 1 saturated heterocycles. The molecule has 0 aromatic carbocycles. The van der Waals surface area contributed by atoms with Crippen molar-refractivity contribution in [3.8, 4) is 0 Å². The van der Waals surface area contributed by atoms with E-state index in [1.165, 1.54) is 12.8 Å². The van der Waals surface area contributed by atoms with E-state index in [0.29, 0.717) is 18.2 Å². The van der Waals surface area contributed by atoms with Crippen LogP contribution in [0, 0.1) is 5.92 Å². The molecule has 19 heavy (non-hydrogen) atoms. The molecule has 0 aliphatic carbocycles. The first-order chi connectivity index (χ1) is 8.75. The average Bonchev–Trinajstić information content (AvgIpc) is 2.40. The van der Waals surface area contributed by atoms with E-state index in [2.05, 4.69) is 15.2 Å². The molecule has 1 N–H and O–H groups in total. The molecule has 106 valence electrons. The van der Waals surface area contributed by atoms with Crippen LogP contribution in [0.3, 0.4) is 0 Å². The monoisotopic (exact) mass is 283 g/mol. The Morgan fingerprint density at radius 1 is 1.42 bits per heavy atom. The van der Waals surface area contributed by atoms with Crippen LogP contribution in [0.1, 0.15) is 23.3 Å². The number of carbonyl (C=O) groups is 1. The number of Topliss-reactive ketones (excluding diaryl/α,β-unsaturated/α-hetero) is 1. The van der Waals surface area contributed by atoms with E-state index < -0.39 is 0 Å². The molecule has 0 amide bonds. The van der Waals surface area contributed by atoms with Crippen LogP contribution < -0.4 is 5.32 Å². The molecule has 1 aromatic rings. The first-order valence-corrected chi connectivity index (χ1v) is 6.59. The lowest BCUT2D eigenvalue weighted by atomic mass is 9.97. The number of ketones is 1. The fourth-order valence-electron chi connectivity index (χ4n) is 2.42. The first-order valence-electron chi connectivity index (χ1n) is 6.59.